The zero-order valence-electron chi connectivity index (χ0n) is 18.3. The van der Waals surface area contributed by atoms with Crippen LogP contribution in [-0.4, -0.2) is 28.1 Å². The first-order valence-corrected chi connectivity index (χ1v) is 10.8. The van der Waals surface area contributed by atoms with E-state index in [1.165, 1.54) is 12.1 Å². The van der Waals surface area contributed by atoms with Gasteiger partial charge in [-0.15, -0.1) is 0 Å². The summed E-state index contributed by atoms with van der Waals surface area (Å²) in [6.45, 7) is 3.88. The molecule has 0 saturated heterocycles. The molecule has 7 heteroatoms. The maximum absolute atomic E-state index is 13.4. The molecule has 5 rings (SSSR count). The van der Waals surface area contributed by atoms with E-state index in [9.17, 15) is 4.39 Å². The number of rotatable bonds is 4. The molecule has 3 heterocycles. The highest BCUT2D eigenvalue weighted by Crippen LogP contribution is 2.32. The van der Waals surface area contributed by atoms with Crippen LogP contribution in [0.1, 0.15) is 22.4 Å². The minimum absolute atomic E-state index is 0.242. The van der Waals surface area contributed by atoms with Crippen molar-refractivity contribution in [2.24, 2.45) is 0 Å². The molecule has 0 atom stereocenters. The molecular formula is C26H24FN5O. The molecule has 6 nitrogen and oxygen atoms in total. The van der Waals surface area contributed by atoms with E-state index in [0.717, 1.165) is 45.1 Å². The van der Waals surface area contributed by atoms with Gasteiger partial charge in [-0.2, -0.15) is 0 Å². The summed E-state index contributed by atoms with van der Waals surface area (Å²) in [5.41, 5.74) is 11.8. The van der Waals surface area contributed by atoms with Crippen LogP contribution in [0, 0.1) is 12.7 Å². The van der Waals surface area contributed by atoms with Gasteiger partial charge in [0.25, 0.3) is 0 Å². The fourth-order valence-electron chi connectivity index (χ4n) is 4.10. The summed E-state index contributed by atoms with van der Waals surface area (Å²) in [5, 5.41) is 0. The van der Waals surface area contributed by atoms with E-state index < -0.39 is 0 Å². The molecular weight excluding hydrogens is 417 g/mol. The Hall–Kier alpha value is -4.00. The number of benzene rings is 2. The maximum atomic E-state index is 13.4. The fraction of sp³-hybridized carbons (Fsp3) is 0.192. The van der Waals surface area contributed by atoms with E-state index in [1.54, 1.807) is 30.7 Å². The predicted molar refractivity (Wildman–Crippen MR) is 127 cm³/mol. The fourth-order valence-corrected chi connectivity index (χ4v) is 4.10. The van der Waals surface area contributed by atoms with Gasteiger partial charge in [0.15, 0.2) is 0 Å². The lowest BCUT2D eigenvalue weighted by Gasteiger charge is -2.24. The highest BCUT2D eigenvalue weighted by Gasteiger charge is 2.21. The largest absolute Gasteiger partial charge is 0.491 e. The van der Waals surface area contributed by atoms with E-state index in [-0.39, 0.29) is 5.82 Å². The molecule has 1 aliphatic heterocycles. The van der Waals surface area contributed by atoms with Gasteiger partial charge in [0.1, 0.15) is 36.1 Å². The highest BCUT2D eigenvalue weighted by molar-refractivity contribution is 5.66. The number of pyridine rings is 1. The van der Waals surface area contributed by atoms with Gasteiger partial charge in [0, 0.05) is 41.5 Å². The number of nitrogens with zero attached hydrogens (tertiary/aromatic N) is 4. The van der Waals surface area contributed by atoms with Crippen molar-refractivity contribution in [1.82, 2.24) is 15.0 Å². The van der Waals surface area contributed by atoms with Crippen molar-refractivity contribution in [1.29, 1.82) is 0 Å². The summed E-state index contributed by atoms with van der Waals surface area (Å²) in [6.07, 6.45) is 4.01. The van der Waals surface area contributed by atoms with Gasteiger partial charge in [-0.05, 0) is 54.4 Å². The second-order valence-electron chi connectivity index (χ2n) is 8.13. The molecule has 2 aromatic carbocycles. The van der Waals surface area contributed by atoms with Gasteiger partial charge >= 0.3 is 0 Å². The molecule has 0 fully saturated rings. The predicted octanol–water partition coefficient (Wildman–Crippen LogP) is 4.56. The quantitative estimate of drug-likeness (QED) is 0.500. The molecule has 0 saturated carbocycles. The Balaban J connectivity index is 1.48. The Morgan fingerprint density at radius 2 is 1.82 bits per heavy atom. The van der Waals surface area contributed by atoms with Crippen LogP contribution in [-0.2, 0) is 13.0 Å². The zero-order valence-corrected chi connectivity index (χ0v) is 18.3. The Labute approximate surface area is 191 Å². The lowest BCUT2D eigenvalue weighted by Crippen LogP contribution is -2.28. The summed E-state index contributed by atoms with van der Waals surface area (Å²) < 4.78 is 19.4. The molecule has 0 amide bonds. The average Bonchev–Trinajstić information content (AvgIpc) is 3.04. The van der Waals surface area contributed by atoms with E-state index in [2.05, 4.69) is 25.9 Å². The summed E-state index contributed by atoms with van der Waals surface area (Å²) in [5.74, 6) is 2.00. The smallest absolute Gasteiger partial charge is 0.136 e. The number of fused-ring (bicyclic) bond motifs is 1. The number of anilines is 2. The van der Waals surface area contributed by atoms with Crippen molar-refractivity contribution in [3.05, 3.63) is 95.3 Å². The molecule has 2 aromatic heterocycles. The van der Waals surface area contributed by atoms with Crippen LogP contribution < -0.4 is 15.4 Å². The first-order chi connectivity index (χ1) is 16.1. The van der Waals surface area contributed by atoms with E-state index in [0.29, 0.717) is 31.9 Å². The molecule has 0 spiro atoms. The Bertz CT molecular complexity index is 1280. The minimum atomic E-state index is -0.242. The Morgan fingerprint density at radius 3 is 2.61 bits per heavy atom. The molecule has 0 bridgehead atoms. The first kappa shape index (κ1) is 20.9. The maximum Gasteiger partial charge on any atom is 0.136 e. The van der Waals surface area contributed by atoms with Crippen LogP contribution in [0.3, 0.4) is 0 Å². The van der Waals surface area contributed by atoms with Crippen LogP contribution in [0.5, 0.6) is 5.75 Å². The van der Waals surface area contributed by atoms with Crippen molar-refractivity contribution in [3.8, 4) is 16.9 Å². The Kier molecular flexibility index (Phi) is 5.60. The third kappa shape index (κ3) is 4.48. The third-order valence-electron chi connectivity index (χ3n) is 5.89. The summed E-state index contributed by atoms with van der Waals surface area (Å²) >= 11 is 0. The highest BCUT2D eigenvalue weighted by atomic mass is 19.1. The van der Waals surface area contributed by atoms with Crippen molar-refractivity contribution >= 4 is 11.6 Å². The molecule has 1 aliphatic rings. The first-order valence-electron chi connectivity index (χ1n) is 10.8. The number of ether oxygens (including phenoxy) is 1. The zero-order chi connectivity index (χ0) is 22.8. The van der Waals surface area contributed by atoms with Gasteiger partial charge in [-0.25, -0.2) is 19.3 Å². The molecule has 2 N–H and O–H groups in total. The second kappa shape index (κ2) is 8.86. The average molecular weight is 442 g/mol. The van der Waals surface area contributed by atoms with E-state index >= 15 is 0 Å². The standard InChI is InChI=1S/C26H24FN5O/c1-17-23(12-18-2-6-22(27)7-3-18)26(31-16-30-17)32-10-11-33-24-8-4-19(13-21(24)15-32)20-5-9-25(28)29-14-20/h2-9,13-14,16H,10-12,15H2,1H3,(H2,28,29). The number of aryl methyl sites for hydroxylation is 1. The van der Waals surface area contributed by atoms with Crippen molar-refractivity contribution in [3.63, 3.8) is 0 Å². The lowest BCUT2D eigenvalue weighted by molar-refractivity contribution is 0.331. The van der Waals surface area contributed by atoms with Gasteiger partial charge in [0.2, 0.25) is 0 Å². The van der Waals surface area contributed by atoms with E-state index in [1.807, 2.05) is 25.1 Å². The molecule has 166 valence electrons. The molecule has 0 aliphatic carbocycles. The topological polar surface area (TPSA) is 77.2 Å². The molecule has 0 radical (unpaired) electrons. The minimum Gasteiger partial charge on any atom is -0.491 e. The number of hydrogen-bond donors (Lipinski definition) is 1. The monoisotopic (exact) mass is 441 g/mol. The van der Waals surface area contributed by atoms with Crippen molar-refractivity contribution in [2.75, 3.05) is 23.8 Å². The SMILES string of the molecule is Cc1ncnc(N2CCOc3ccc(-c4ccc(N)nc4)cc3C2)c1Cc1ccc(F)cc1. The van der Waals surface area contributed by atoms with Gasteiger partial charge in [0.05, 0.1) is 6.54 Å². The van der Waals surface area contributed by atoms with Gasteiger partial charge in [-0.3, -0.25) is 0 Å². The summed E-state index contributed by atoms with van der Waals surface area (Å²) in [6, 6.07) is 16.5. The number of hydrogen-bond acceptors (Lipinski definition) is 6. The number of aromatic nitrogens is 3. The molecule has 4 aromatic rings. The third-order valence-corrected chi connectivity index (χ3v) is 5.89. The van der Waals surface area contributed by atoms with Crippen LogP contribution in [0.2, 0.25) is 0 Å². The number of nitrogens with two attached hydrogens (primary N) is 1. The van der Waals surface area contributed by atoms with Crippen molar-refractivity contribution in [2.45, 2.75) is 19.9 Å². The number of nitrogen functional groups attached to an aromatic ring is 1. The van der Waals surface area contributed by atoms with Crippen LogP contribution in [0.15, 0.2) is 67.1 Å². The Morgan fingerprint density at radius 1 is 1.00 bits per heavy atom. The van der Waals surface area contributed by atoms with Crippen molar-refractivity contribution < 1.29 is 9.13 Å². The molecule has 33 heavy (non-hydrogen) atoms. The van der Waals surface area contributed by atoms with Gasteiger partial charge in [-0.1, -0.05) is 18.2 Å². The van der Waals surface area contributed by atoms with Crippen LogP contribution in [0.25, 0.3) is 11.1 Å². The second-order valence-corrected chi connectivity index (χ2v) is 8.13. The summed E-state index contributed by atoms with van der Waals surface area (Å²) in [7, 11) is 0. The van der Waals surface area contributed by atoms with Crippen LogP contribution in [0.4, 0.5) is 16.0 Å². The number of halogens is 1. The summed E-state index contributed by atoms with van der Waals surface area (Å²) in [4.78, 5) is 15.5. The van der Waals surface area contributed by atoms with Gasteiger partial charge < -0.3 is 15.4 Å². The lowest BCUT2D eigenvalue weighted by atomic mass is 10.0. The molecule has 0 unspecified atom stereocenters. The van der Waals surface area contributed by atoms with Crippen LogP contribution >= 0.6 is 0 Å². The van der Waals surface area contributed by atoms with E-state index in [4.69, 9.17) is 10.5 Å². The normalized spacial score (nSPS) is 13.2.